The lowest BCUT2D eigenvalue weighted by Gasteiger charge is -2.37. The van der Waals surface area contributed by atoms with Crippen LogP contribution in [0.4, 0.5) is 16.2 Å². The van der Waals surface area contributed by atoms with E-state index in [1.807, 2.05) is 38.4 Å². The van der Waals surface area contributed by atoms with Gasteiger partial charge in [-0.2, -0.15) is 0 Å². The number of hydrogen-bond acceptors (Lipinski definition) is 5. The minimum Gasteiger partial charge on any atom is -0.372 e. The highest BCUT2D eigenvalue weighted by molar-refractivity contribution is 7.10. The maximum atomic E-state index is 12.6. The summed E-state index contributed by atoms with van der Waals surface area (Å²) in [4.78, 5) is 18.2. The number of morpholine rings is 1. The summed E-state index contributed by atoms with van der Waals surface area (Å²) < 4.78 is 5.84. The van der Waals surface area contributed by atoms with Crippen LogP contribution in [0.2, 0.25) is 0 Å². The molecule has 1 aromatic carbocycles. The van der Waals surface area contributed by atoms with E-state index >= 15 is 0 Å². The van der Waals surface area contributed by atoms with Gasteiger partial charge in [0.25, 0.3) is 0 Å². The molecule has 3 unspecified atom stereocenters. The van der Waals surface area contributed by atoms with Gasteiger partial charge in [-0.25, -0.2) is 4.79 Å². The molecule has 0 aliphatic carbocycles. The number of rotatable bonds is 6. The average Bonchev–Trinajstić information content (AvgIpc) is 3.15. The predicted molar refractivity (Wildman–Crippen MR) is 116 cm³/mol. The van der Waals surface area contributed by atoms with Crippen LogP contribution in [0.15, 0.2) is 41.8 Å². The zero-order valence-corrected chi connectivity index (χ0v) is 17.8. The quantitative estimate of drug-likeness (QED) is 0.772. The normalized spacial score (nSPS) is 20.8. The second kappa shape index (κ2) is 9.41. The van der Waals surface area contributed by atoms with Gasteiger partial charge in [-0.05, 0) is 51.5 Å². The number of nitrogens with zero attached hydrogens (tertiary/aromatic N) is 2. The van der Waals surface area contributed by atoms with E-state index < -0.39 is 0 Å². The van der Waals surface area contributed by atoms with Crippen molar-refractivity contribution < 1.29 is 9.53 Å². The fourth-order valence-corrected chi connectivity index (χ4v) is 4.53. The van der Waals surface area contributed by atoms with Crippen LogP contribution in [0.25, 0.3) is 0 Å². The van der Waals surface area contributed by atoms with Crippen LogP contribution in [0.3, 0.4) is 0 Å². The summed E-state index contributed by atoms with van der Waals surface area (Å²) in [6.45, 7) is 6.33. The van der Waals surface area contributed by atoms with Crippen LogP contribution < -0.4 is 15.5 Å². The van der Waals surface area contributed by atoms with Crippen molar-refractivity contribution in [1.29, 1.82) is 0 Å². The first-order valence-electron chi connectivity index (χ1n) is 9.68. The standard InChI is InChI=1S/C21H30N4O2S/c1-15-13-25(14-16(2)27-15)18-9-6-5-8-17(18)23-21(26)22-12-19(24(3)4)20-10-7-11-28-20/h5-11,15-16,19H,12-14H2,1-4H3,(H2,22,23,26). The summed E-state index contributed by atoms with van der Waals surface area (Å²) in [6, 6.07) is 12.1. The van der Waals surface area contributed by atoms with E-state index in [4.69, 9.17) is 4.74 Å². The van der Waals surface area contributed by atoms with E-state index in [1.165, 1.54) is 4.88 Å². The van der Waals surface area contributed by atoms with Gasteiger partial charge in [-0.15, -0.1) is 11.3 Å². The number of amides is 2. The molecule has 1 aromatic heterocycles. The number of hydrogen-bond donors (Lipinski definition) is 2. The lowest BCUT2D eigenvalue weighted by Crippen LogP contribution is -2.46. The van der Waals surface area contributed by atoms with Crippen molar-refractivity contribution in [2.45, 2.75) is 32.1 Å². The molecule has 1 saturated heterocycles. The Bertz CT molecular complexity index is 756. The fourth-order valence-electron chi connectivity index (χ4n) is 3.60. The van der Waals surface area contributed by atoms with Crippen molar-refractivity contribution in [3.8, 4) is 0 Å². The van der Waals surface area contributed by atoms with Crippen LogP contribution in [-0.2, 0) is 4.74 Å². The summed E-state index contributed by atoms with van der Waals surface area (Å²) in [7, 11) is 4.06. The molecule has 2 amide bonds. The molecule has 1 aliphatic rings. The van der Waals surface area contributed by atoms with Gasteiger partial charge >= 0.3 is 6.03 Å². The molecule has 1 aliphatic heterocycles. The predicted octanol–water partition coefficient (Wildman–Crippen LogP) is 3.79. The average molecular weight is 403 g/mol. The first-order valence-corrected chi connectivity index (χ1v) is 10.6. The summed E-state index contributed by atoms with van der Waals surface area (Å²) in [5.74, 6) is 0. The Hall–Kier alpha value is -2.09. The van der Waals surface area contributed by atoms with E-state index in [1.54, 1.807) is 11.3 Å². The highest BCUT2D eigenvalue weighted by Crippen LogP contribution is 2.28. The molecule has 0 saturated carbocycles. The summed E-state index contributed by atoms with van der Waals surface area (Å²) in [6.07, 6.45) is 0.328. The second-order valence-corrected chi connectivity index (χ2v) is 8.49. The van der Waals surface area contributed by atoms with Crippen molar-refractivity contribution in [2.75, 3.05) is 43.9 Å². The molecular weight excluding hydrogens is 372 g/mol. The molecule has 2 aromatic rings. The van der Waals surface area contributed by atoms with Crippen LogP contribution in [0, 0.1) is 0 Å². The molecule has 3 rings (SSSR count). The van der Waals surface area contributed by atoms with E-state index in [-0.39, 0.29) is 24.3 Å². The number of carbonyl (C=O) groups is 1. The maximum Gasteiger partial charge on any atom is 0.319 e. The van der Waals surface area contributed by atoms with Crippen LogP contribution in [0.1, 0.15) is 24.8 Å². The molecule has 2 N–H and O–H groups in total. The van der Waals surface area contributed by atoms with Gasteiger partial charge in [-0.1, -0.05) is 18.2 Å². The van der Waals surface area contributed by atoms with E-state index in [0.717, 1.165) is 24.5 Å². The topological polar surface area (TPSA) is 56.8 Å². The molecule has 6 nitrogen and oxygen atoms in total. The number of likely N-dealkylation sites (N-methyl/N-ethyl adjacent to an activating group) is 1. The number of anilines is 2. The molecule has 0 bridgehead atoms. The second-order valence-electron chi connectivity index (χ2n) is 7.51. The number of ether oxygens (including phenoxy) is 1. The van der Waals surface area contributed by atoms with Crippen molar-refractivity contribution in [1.82, 2.24) is 10.2 Å². The largest absolute Gasteiger partial charge is 0.372 e. The Morgan fingerprint density at radius 2 is 1.93 bits per heavy atom. The number of carbonyl (C=O) groups excluding carboxylic acids is 1. The Morgan fingerprint density at radius 1 is 1.21 bits per heavy atom. The Morgan fingerprint density at radius 3 is 2.57 bits per heavy atom. The van der Waals surface area contributed by atoms with Gasteiger partial charge in [0, 0.05) is 24.5 Å². The highest BCUT2D eigenvalue weighted by Gasteiger charge is 2.24. The maximum absolute atomic E-state index is 12.6. The van der Waals surface area contributed by atoms with E-state index in [2.05, 4.69) is 51.8 Å². The van der Waals surface area contributed by atoms with Gasteiger partial charge in [0.1, 0.15) is 0 Å². The lowest BCUT2D eigenvalue weighted by molar-refractivity contribution is -0.00517. The Labute approximate surface area is 171 Å². The minimum absolute atomic E-state index is 0.155. The summed E-state index contributed by atoms with van der Waals surface area (Å²) in [5, 5.41) is 8.11. The van der Waals surface area contributed by atoms with E-state index in [0.29, 0.717) is 6.54 Å². The third-order valence-corrected chi connectivity index (χ3v) is 5.84. The number of urea groups is 1. The molecule has 3 atom stereocenters. The molecule has 0 radical (unpaired) electrons. The summed E-state index contributed by atoms with van der Waals surface area (Å²) >= 11 is 1.70. The summed E-state index contributed by atoms with van der Waals surface area (Å²) in [5.41, 5.74) is 1.85. The van der Waals surface area contributed by atoms with Crippen molar-refractivity contribution >= 4 is 28.7 Å². The highest BCUT2D eigenvalue weighted by atomic mass is 32.1. The molecular formula is C21H30N4O2S. The number of thiophene rings is 1. The molecule has 152 valence electrons. The van der Waals surface area contributed by atoms with Crippen molar-refractivity contribution in [3.63, 3.8) is 0 Å². The van der Waals surface area contributed by atoms with Gasteiger partial charge < -0.3 is 25.2 Å². The van der Waals surface area contributed by atoms with Crippen LogP contribution in [0.5, 0.6) is 0 Å². The monoisotopic (exact) mass is 402 g/mol. The Balaban J connectivity index is 1.64. The smallest absolute Gasteiger partial charge is 0.319 e. The Kier molecular flexibility index (Phi) is 6.93. The minimum atomic E-state index is -0.190. The zero-order valence-electron chi connectivity index (χ0n) is 17.0. The van der Waals surface area contributed by atoms with Gasteiger partial charge in [-0.3, -0.25) is 0 Å². The number of nitrogens with one attached hydrogen (secondary N) is 2. The number of para-hydroxylation sites is 2. The first kappa shape index (κ1) is 20.6. The van der Waals surface area contributed by atoms with Crippen LogP contribution >= 0.6 is 11.3 Å². The molecule has 0 spiro atoms. The van der Waals surface area contributed by atoms with Gasteiger partial charge in [0.15, 0.2) is 0 Å². The fraction of sp³-hybridized carbons (Fsp3) is 0.476. The third-order valence-electron chi connectivity index (χ3n) is 4.86. The lowest BCUT2D eigenvalue weighted by atomic mass is 10.1. The number of benzene rings is 1. The van der Waals surface area contributed by atoms with Gasteiger partial charge in [0.2, 0.25) is 0 Å². The van der Waals surface area contributed by atoms with Crippen molar-refractivity contribution in [3.05, 3.63) is 46.7 Å². The zero-order chi connectivity index (χ0) is 20.1. The molecule has 2 heterocycles. The molecule has 1 fully saturated rings. The van der Waals surface area contributed by atoms with Crippen LogP contribution in [-0.4, -0.2) is 56.9 Å². The SMILES string of the molecule is CC1CN(c2ccccc2NC(=O)NCC(c2cccs2)N(C)C)CC(C)O1. The third kappa shape index (κ3) is 5.25. The van der Waals surface area contributed by atoms with Crippen molar-refractivity contribution in [2.24, 2.45) is 0 Å². The van der Waals surface area contributed by atoms with Gasteiger partial charge in [0.05, 0.1) is 29.6 Å². The molecule has 7 heteroatoms. The van der Waals surface area contributed by atoms with E-state index in [9.17, 15) is 4.79 Å². The molecule has 28 heavy (non-hydrogen) atoms. The first-order chi connectivity index (χ1) is 13.4.